The van der Waals surface area contributed by atoms with E-state index >= 15 is 0 Å². The Kier molecular flexibility index (Phi) is 5.33. The summed E-state index contributed by atoms with van der Waals surface area (Å²) >= 11 is 1.78. The predicted molar refractivity (Wildman–Crippen MR) is 84.8 cm³/mol. The zero-order valence-corrected chi connectivity index (χ0v) is 13.0. The molecule has 5 heteroatoms. The van der Waals surface area contributed by atoms with Crippen LogP contribution in [0.2, 0.25) is 0 Å². The molecule has 0 aliphatic rings. The van der Waals surface area contributed by atoms with Gasteiger partial charge in [0.05, 0.1) is 11.3 Å². The van der Waals surface area contributed by atoms with E-state index in [9.17, 15) is 4.79 Å². The molecule has 0 spiro atoms. The summed E-state index contributed by atoms with van der Waals surface area (Å²) in [6, 6.07) is 8.03. The number of aromatic nitrogens is 2. The van der Waals surface area contributed by atoms with Crippen LogP contribution < -0.4 is 0 Å². The molecule has 1 heterocycles. The van der Waals surface area contributed by atoms with E-state index in [1.165, 1.54) is 11.1 Å². The highest BCUT2D eigenvalue weighted by Crippen LogP contribution is 2.22. The molecule has 0 atom stereocenters. The van der Waals surface area contributed by atoms with E-state index in [-0.39, 0.29) is 5.56 Å². The van der Waals surface area contributed by atoms with Crippen molar-refractivity contribution in [1.29, 1.82) is 0 Å². The third-order valence-electron chi connectivity index (χ3n) is 3.01. The Morgan fingerprint density at radius 3 is 2.52 bits per heavy atom. The number of carbonyl (C=O) groups is 1. The molecule has 0 bridgehead atoms. The molecular formula is C16H18N2O2S. The summed E-state index contributed by atoms with van der Waals surface area (Å²) in [7, 11) is 0. The summed E-state index contributed by atoms with van der Waals surface area (Å²) < 4.78 is 0. The van der Waals surface area contributed by atoms with E-state index < -0.39 is 5.97 Å². The van der Waals surface area contributed by atoms with Gasteiger partial charge in [-0.25, -0.2) is 14.8 Å². The normalized spacial score (nSPS) is 10.6. The van der Waals surface area contributed by atoms with E-state index in [0.29, 0.717) is 17.9 Å². The fourth-order valence-electron chi connectivity index (χ4n) is 2.03. The summed E-state index contributed by atoms with van der Waals surface area (Å²) in [5.74, 6) is 0.639. The molecule has 1 N–H and O–H groups in total. The number of thioether (sulfide) groups is 1. The number of benzene rings is 1. The smallest absolute Gasteiger partial charge is 0.339 e. The van der Waals surface area contributed by atoms with Crippen LogP contribution in [0.4, 0.5) is 0 Å². The van der Waals surface area contributed by atoms with Crippen LogP contribution in [0.1, 0.15) is 36.3 Å². The maximum Gasteiger partial charge on any atom is 0.339 e. The van der Waals surface area contributed by atoms with Gasteiger partial charge in [-0.15, -0.1) is 11.8 Å². The van der Waals surface area contributed by atoms with Gasteiger partial charge in [0.15, 0.2) is 5.82 Å². The third kappa shape index (κ3) is 3.82. The minimum Gasteiger partial charge on any atom is -0.478 e. The molecule has 0 fully saturated rings. The molecule has 0 amide bonds. The summed E-state index contributed by atoms with van der Waals surface area (Å²) in [5.41, 5.74) is 1.70. The van der Waals surface area contributed by atoms with Crippen LogP contribution in [0.15, 0.2) is 35.4 Å². The second-order valence-electron chi connectivity index (χ2n) is 4.57. The minimum atomic E-state index is -0.973. The Labute approximate surface area is 128 Å². The van der Waals surface area contributed by atoms with Gasteiger partial charge in [0, 0.05) is 16.7 Å². The summed E-state index contributed by atoms with van der Waals surface area (Å²) in [6.45, 7) is 4.12. The van der Waals surface area contributed by atoms with Crippen molar-refractivity contribution >= 4 is 17.7 Å². The first-order valence-corrected chi connectivity index (χ1v) is 7.96. The largest absolute Gasteiger partial charge is 0.478 e. The number of aryl methyl sites for hydroxylation is 1. The number of carboxylic acid groups (broad SMARTS) is 1. The van der Waals surface area contributed by atoms with Gasteiger partial charge in [-0.2, -0.15) is 0 Å². The topological polar surface area (TPSA) is 63.1 Å². The van der Waals surface area contributed by atoms with Gasteiger partial charge in [-0.05, 0) is 24.3 Å². The predicted octanol–water partition coefficient (Wildman–Crippen LogP) is 3.91. The number of hydrogen-bond acceptors (Lipinski definition) is 4. The fraction of sp³-hybridized carbons (Fsp3) is 0.312. The van der Waals surface area contributed by atoms with Gasteiger partial charge in [0.25, 0.3) is 0 Å². The van der Waals surface area contributed by atoms with Crippen molar-refractivity contribution in [3.8, 4) is 11.4 Å². The van der Waals surface area contributed by atoms with Gasteiger partial charge < -0.3 is 5.11 Å². The monoisotopic (exact) mass is 302 g/mol. The average Bonchev–Trinajstić information content (AvgIpc) is 2.48. The second kappa shape index (κ2) is 7.22. The molecule has 0 unspecified atom stereocenters. The highest BCUT2D eigenvalue weighted by molar-refractivity contribution is 7.99. The molecule has 0 radical (unpaired) electrons. The maximum atomic E-state index is 11.2. The first kappa shape index (κ1) is 15.5. The highest BCUT2D eigenvalue weighted by atomic mass is 32.2. The number of hydrogen-bond donors (Lipinski definition) is 1. The van der Waals surface area contributed by atoms with E-state index in [1.807, 2.05) is 31.2 Å². The Morgan fingerprint density at radius 1 is 1.24 bits per heavy atom. The van der Waals surface area contributed by atoms with Gasteiger partial charge >= 0.3 is 5.97 Å². The number of nitrogens with zero attached hydrogens (tertiary/aromatic N) is 2. The molecule has 4 nitrogen and oxygen atoms in total. The van der Waals surface area contributed by atoms with E-state index in [4.69, 9.17) is 5.11 Å². The Hall–Kier alpha value is -1.88. The lowest BCUT2D eigenvalue weighted by Gasteiger charge is -2.07. The van der Waals surface area contributed by atoms with Crippen molar-refractivity contribution in [3.63, 3.8) is 0 Å². The van der Waals surface area contributed by atoms with Crippen molar-refractivity contribution in [2.24, 2.45) is 0 Å². The first-order chi connectivity index (χ1) is 10.2. The van der Waals surface area contributed by atoms with Crippen molar-refractivity contribution in [2.45, 2.75) is 31.6 Å². The zero-order chi connectivity index (χ0) is 15.2. The van der Waals surface area contributed by atoms with Crippen LogP contribution in [0.3, 0.4) is 0 Å². The van der Waals surface area contributed by atoms with Gasteiger partial charge in [0.2, 0.25) is 0 Å². The Balaban J connectivity index is 2.35. The number of carboxylic acids is 1. The van der Waals surface area contributed by atoms with Crippen LogP contribution in [0.5, 0.6) is 0 Å². The molecule has 1 aromatic carbocycles. The van der Waals surface area contributed by atoms with Gasteiger partial charge in [-0.1, -0.05) is 32.4 Å². The number of aromatic carboxylic acids is 1. The van der Waals surface area contributed by atoms with Gasteiger partial charge in [-0.3, -0.25) is 0 Å². The molecule has 21 heavy (non-hydrogen) atoms. The lowest BCUT2D eigenvalue weighted by molar-refractivity contribution is 0.0694. The van der Waals surface area contributed by atoms with Crippen molar-refractivity contribution in [1.82, 2.24) is 9.97 Å². The van der Waals surface area contributed by atoms with Crippen LogP contribution in [0, 0.1) is 0 Å². The quantitative estimate of drug-likeness (QED) is 0.820. The zero-order valence-electron chi connectivity index (χ0n) is 12.2. The molecule has 0 saturated carbocycles. The molecule has 0 saturated heterocycles. The van der Waals surface area contributed by atoms with E-state index in [0.717, 1.165) is 17.7 Å². The van der Waals surface area contributed by atoms with E-state index in [1.54, 1.807) is 11.8 Å². The van der Waals surface area contributed by atoms with Crippen molar-refractivity contribution in [3.05, 3.63) is 41.7 Å². The summed E-state index contributed by atoms with van der Waals surface area (Å²) in [6.07, 6.45) is 2.90. The molecule has 1 aromatic heterocycles. The van der Waals surface area contributed by atoms with Crippen LogP contribution in [-0.2, 0) is 6.42 Å². The maximum absolute atomic E-state index is 11.2. The molecular weight excluding hydrogens is 284 g/mol. The summed E-state index contributed by atoms with van der Waals surface area (Å²) in [4.78, 5) is 21.0. The molecule has 2 aromatic rings. The first-order valence-electron chi connectivity index (χ1n) is 6.98. The Morgan fingerprint density at radius 2 is 1.95 bits per heavy atom. The highest BCUT2D eigenvalue weighted by Gasteiger charge is 2.13. The lowest BCUT2D eigenvalue weighted by atomic mass is 10.1. The molecule has 110 valence electrons. The van der Waals surface area contributed by atoms with Crippen molar-refractivity contribution in [2.75, 3.05) is 5.75 Å². The van der Waals surface area contributed by atoms with E-state index in [2.05, 4.69) is 16.9 Å². The van der Waals surface area contributed by atoms with Crippen LogP contribution in [0.25, 0.3) is 11.4 Å². The lowest BCUT2D eigenvalue weighted by Crippen LogP contribution is -2.07. The minimum absolute atomic E-state index is 0.193. The average molecular weight is 302 g/mol. The van der Waals surface area contributed by atoms with Crippen LogP contribution in [-0.4, -0.2) is 26.8 Å². The fourth-order valence-corrected chi connectivity index (χ4v) is 2.69. The molecule has 0 aliphatic carbocycles. The van der Waals surface area contributed by atoms with Crippen molar-refractivity contribution < 1.29 is 9.90 Å². The third-order valence-corrected chi connectivity index (χ3v) is 3.90. The van der Waals surface area contributed by atoms with Crippen LogP contribution >= 0.6 is 11.8 Å². The SMILES string of the molecule is CCCc1nc(-c2ccc(SCC)cc2)ncc1C(=O)O. The standard InChI is InChI=1S/C16H18N2O2S/c1-3-5-14-13(16(19)20)10-17-15(18-14)11-6-8-12(9-7-11)21-4-2/h6-10H,3-5H2,1-2H3,(H,19,20). The summed E-state index contributed by atoms with van der Waals surface area (Å²) in [5, 5.41) is 9.17. The molecule has 0 aliphatic heterocycles. The van der Waals surface area contributed by atoms with Gasteiger partial charge in [0.1, 0.15) is 0 Å². The molecule has 2 rings (SSSR count). The number of rotatable bonds is 6. The Bertz CT molecular complexity index is 627. The second-order valence-corrected chi connectivity index (χ2v) is 5.90.